The molecule has 0 atom stereocenters. The van der Waals surface area contributed by atoms with Gasteiger partial charge in [-0.1, -0.05) is 6.42 Å². The van der Waals surface area contributed by atoms with Gasteiger partial charge in [-0.25, -0.2) is 4.98 Å². The van der Waals surface area contributed by atoms with E-state index in [1.54, 1.807) is 6.20 Å². The highest BCUT2D eigenvalue weighted by Gasteiger charge is 2.19. The summed E-state index contributed by atoms with van der Waals surface area (Å²) in [6, 6.07) is 3.75. The van der Waals surface area contributed by atoms with Gasteiger partial charge < -0.3 is 10.6 Å². The fourth-order valence-corrected chi connectivity index (χ4v) is 1.80. The second-order valence-corrected chi connectivity index (χ2v) is 4.12. The van der Waals surface area contributed by atoms with Crippen LogP contribution >= 0.6 is 0 Å². The number of aromatic nitrogens is 1. The first kappa shape index (κ1) is 9.31. The highest BCUT2D eigenvalue weighted by atomic mass is 15.2. The summed E-state index contributed by atoms with van der Waals surface area (Å²) < 4.78 is 0. The summed E-state index contributed by atoms with van der Waals surface area (Å²) in [5.74, 6) is 1.85. The van der Waals surface area contributed by atoms with Gasteiger partial charge in [0.1, 0.15) is 5.82 Å². The maximum Gasteiger partial charge on any atom is 0.130 e. The minimum atomic E-state index is 0.787. The number of anilines is 2. The monoisotopic (exact) mass is 191 g/mol. The van der Waals surface area contributed by atoms with Crippen LogP contribution in [0.2, 0.25) is 0 Å². The number of nitrogens with two attached hydrogens (primary N) is 1. The van der Waals surface area contributed by atoms with Crippen molar-refractivity contribution in [3.05, 3.63) is 18.3 Å². The van der Waals surface area contributed by atoms with E-state index >= 15 is 0 Å². The van der Waals surface area contributed by atoms with Gasteiger partial charge in [-0.2, -0.15) is 0 Å². The molecule has 14 heavy (non-hydrogen) atoms. The molecule has 0 unspecified atom stereocenters. The molecule has 76 valence electrons. The molecule has 3 nitrogen and oxygen atoms in total. The van der Waals surface area contributed by atoms with Gasteiger partial charge in [-0.05, 0) is 24.8 Å². The Balaban J connectivity index is 1.98. The first-order valence-electron chi connectivity index (χ1n) is 5.18. The van der Waals surface area contributed by atoms with Gasteiger partial charge >= 0.3 is 0 Å². The Morgan fingerprint density at radius 3 is 2.93 bits per heavy atom. The van der Waals surface area contributed by atoms with Gasteiger partial charge in [0.15, 0.2) is 0 Å². The van der Waals surface area contributed by atoms with Crippen molar-refractivity contribution in [3.63, 3.8) is 0 Å². The van der Waals surface area contributed by atoms with E-state index < -0.39 is 0 Å². The van der Waals surface area contributed by atoms with Crippen molar-refractivity contribution < 1.29 is 0 Å². The molecular formula is C11H17N3. The fraction of sp³-hybridized carbons (Fsp3) is 0.545. The average Bonchev–Trinajstić information content (AvgIpc) is 2.11. The molecule has 1 saturated carbocycles. The minimum absolute atomic E-state index is 0.787. The van der Waals surface area contributed by atoms with Crippen molar-refractivity contribution in [2.24, 2.45) is 5.92 Å². The zero-order valence-electron chi connectivity index (χ0n) is 8.61. The second-order valence-electron chi connectivity index (χ2n) is 4.12. The highest BCUT2D eigenvalue weighted by molar-refractivity contribution is 5.49. The molecule has 0 radical (unpaired) electrons. The van der Waals surface area contributed by atoms with Gasteiger partial charge in [0, 0.05) is 31.5 Å². The summed E-state index contributed by atoms with van der Waals surface area (Å²) in [5, 5.41) is 0. The second kappa shape index (κ2) is 3.86. The molecule has 0 amide bonds. The lowest BCUT2D eigenvalue weighted by Crippen LogP contribution is -2.29. The van der Waals surface area contributed by atoms with E-state index in [-0.39, 0.29) is 0 Å². The first-order valence-corrected chi connectivity index (χ1v) is 5.18. The van der Waals surface area contributed by atoms with Gasteiger partial charge in [-0.3, -0.25) is 0 Å². The zero-order chi connectivity index (χ0) is 9.97. The standard InChI is InChI=1S/C11H17N3/c1-14(8-9-3-2-4-9)11-7-10(12)5-6-13-11/h5-7,9H,2-4,8H2,1H3,(H2,12,13). The molecule has 1 heterocycles. The Hall–Kier alpha value is -1.25. The molecule has 1 fully saturated rings. The van der Waals surface area contributed by atoms with Crippen LogP contribution in [0.4, 0.5) is 11.5 Å². The number of nitrogen functional groups attached to an aromatic ring is 1. The van der Waals surface area contributed by atoms with Gasteiger partial charge in [0.25, 0.3) is 0 Å². The van der Waals surface area contributed by atoms with Crippen LogP contribution in [-0.2, 0) is 0 Å². The Bertz CT molecular complexity index is 307. The summed E-state index contributed by atoms with van der Waals surface area (Å²) in [5.41, 5.74) is 6.49. The molecule has 2 N–H and O–H groups in total. The summed E-state index contributed by atoms with van der Waals surface area (Å²) in [6.07, 6.45) is 5.89. The molecule has 0 aliphatic heterocycles. The number of rotatable bonds is 3. The molecule has 0 bridgehead atoms. The van der Waals surface area contributed by atoms with Crippen molar-refractivity contribution in [1.29, 1.82) is 0 Å². The molecule has 1 aromatic rings. The lowest BCUT2D eigenvalue weighted by atomic mass is 9.85. The molecular weight excluding hydrogens is 174 g/mol. The Kier molecular flexibility index (Phi) is 2.57. The Morgan fingerprint density at radius 2 is 2.36 bits per heavy atom. The van der Waals surface area contributed by atoms with Crippen molar-refractivity contribution in [3.8, 4) is 0 Å². The largest absolute Gasteiger partial charge is 0.399 e. The van der Waals surface area contributed by atoms with Crippen molar-refractivity contribution in [2.75, 3.05) is 24.2 Å². The van der Waals surface area contributed by atoms with E-state index in [0.29, 0.717) is 0 Å². The third kappa shape index (κ3) is 1.97. The van der Waals surface area contributed by atoms with Gasteiger partial charge in [-0.15, -0.1) is 0 Å². The van der Waals surface area contributed by atoms with Crippen LogP contribution in [0, 0.1) is 5.92 Å². The van der Waals surface area contributed by atoms with Gasteiger partial charge in [0.05, 0.1) is 0 Å². The molecule has 1 aromatic heterocycles. The van der Waals surface area contributed by atoms with E-state index in [4.69, 9.17) is 5.73 Å². The maximum absolute atomic E-state index is 5.71. The average molecular weight is 191 g/mol. The SMILES string of the molecule is CN(CC1CCC1)c1cc(N)ccn1. The van der Waals surface area contributed by atoms with Crippen molar-refractivity contribution in [2.45, 2.75) is 19.3 Å². The quantitative estimate of drug-likeness (QED) is 0.793. The fourth-order valence-electron chi connectivity index (χ4n) is 1.80. The van der Waals surface area contributed by atoms with E-state index in [2.05, 4.69) is 16.9 Å². The maximum atomic E-state index is 5.71. The number of hydrogen-bond acceptors (Lipinski definition) is 3. The van der Waals surface area contributed by atoms with Crippen LogP contribution in [0.15, 0.2) is 18.3 Å². The van der Waals surface area contributed by atoms with E-state index in [9.17, 15) is 0 Å². The number of hydrogen-bond donors (Lipinski definition) is 1. The predicted octanol–water partition coefficient (Wildman–Crippen LogP) is 1.90. The number of pyridine rings is 1. The third-order valence-electron chi connectivity index (χ3n) is 2.92. The molecule has 1 aliphatic carbocycles. The van der Waals surface area contributed by atoms with Crippen LogP contribution in [0.25, 0.3) is 0 Å². The minimum Gasteiger partial charge on any atom is -0.399 e. The summed E-state index contributed by atoms with van der Waals surface area (Å²) in [6.45, 7) is 1.11. The van der Waals surface area contributed by atoms with Gasteiger partial charge in [0.2, 0.25) is 0 Å². The van der Waals surface area contributed by atoms with E-state index in [0.717, 1.165) is 24.0 Å². The van der Waals surface area contributed by atoms with E-state index in [1.807, 2.05) is 12.1 Å². The summed E-state index contributed by atoms with van der Waals surface area (Å²) in [7, 11) is 2.08. The topological polar surface area (TPSA) is 42.1 Å². The Morgan fingerprint density at radius 1 is 1.57 bits per heavy atom. The van der Waals surface area contributed by atoms with E-state index in [1.165, 1.54) is 19.3 Å². The highest BCUT2D eigenvalue weighted by Crippen LogP contribution is 2.28. The molecule has 2 rings (SSSR count). The third-order valence-corrected chi connectivity index (χ3v) is 2.92. The van der Waals surface area contributed by atoms with Crippen LogP contribution in [0.5, 0.6) is 0 Å². The van der Waals surface area contributed by atoms with Crippen LogP contribution in [0.3, 0.4) is 0 Å². The van der Waals surface area contributed by atoms with Crippen LogP contribution in [-0.4, -0.2) is 18.6 Å². The molecule has 0 aromatic carbocycles. The summed E-state index contributed by atoms with van der Waals surface area (Å²) in [4.78, 5) is 6.49. The smallest absolute Gasteiger partial charge is 0.130 e. The lowest BCUT2D eigenvalue weighted by molar-refractivity contribution is 0.321. The normalized spacial score (nSPS) is 16.4. The molecule has 1 aliphatic rings. The lowest BCUT2D eigenvalue weighted by Gasteiger charge is -2.30. The first-order chi connectivity index (χ1) is 6.75. The summed E-state index contributed by atoms with van der Waals surface area (Å²) >= 11 is 0. The Labute approximate surface area is 84.9 Å². The molecule has 3 heteroatoms. The van der Waals surface area contributed by atoms with Crippen LogP contribution in [0.1, 0.15) is 19.3 Å². The predicted molar refractivity (Wildman–Crippen MR) is 59.3 cm³/mol. The zero-order valence-corrected chi connectivity index (χ0v) is 8.61. The molecule has 0 saturated heterocycles. The van der Waals surface area contributed by atoms with Crippen molar-refractivity contribution in [1.82, 2.24) is 4.98 Å². The number of nitrogens with zero attached hydrogens (tertiary/aromatic N) is 2. The van der Waals surface area contributed by atoms with Crippen molar-refractivity contribution >= 4 is 11.5 Å². The van der Waals surface area contributed by atoms with Crippen LogP contribution < -0.4 is 10.6 Å². The molecule has 0 spiro atoms.